The van der Waals surface area contributed by atoms with Gasteiger partial charge in [0, 0.05) is 13.0 Å². The fourth-order valence-electron chi connectivity index (χ4n) is 2.75. The van der Waals surface area contributed by atoms with Gasteiger partial charge in [-0.25, -0.2) is 0 Å². The number of nitrogens with zero attached hydrogens (tertiary/aromatic N) is 1. The Morgan fingerprint density at radius 1 is 1.43 bits per heavy atom. The molecule has 14 heavy (non-hydrogen) atoms. The molecule has 0 radical (unpaired) electrons. The van der Waals surface area contributed by atoms with Crippen LogP contribution in [-0.4, -0.2) is 37.1 Å². The van der Waals surface area contributed by atoms with Gasteiger partial charge in [0.15, 0.2) is 0 Å². The second-order valence-electron chi connectivity index (χ2n) is 4.41. The van der Waals surface area contributed by atoms with Crippen LogP contribution in [0.3, 0.4) is 0 Å². The highest BCUT2D eigenvalue weighted by Crippen LogP contribution is 2.34. The highest BCUT2D eigenvalue weighted by Gasteiger charge is 2.35. The number of rotatable bonds is 3. The summed E-state index contributed by atoms with van der Waals surface area (Å²) in [5.41, 5.74) is 0. The van der Waals surface area contributed by atoms with E-state index in [2.05, 4.69) is 4.90 Å². The van der Waals surface area contributed by atoms with E-state index in [1.165, 1.54) is 25.9 Å². The first-order valence-corrected chi connectivity index (χ1v) is 5.67. The Labute approximate surface area is 85.4 Å². The predicted molar refractivity (Wildman–Crippen MR) is 53.9 cm³/mol. The molecule has 0 amide bonds. The number of carbonyl (C=O) groups excluding carboxylic acids is 1. The molecule has 3 fully saturated rings. The van der Waals surface area contributed by atoms with Crippen molar-refractivity contribution in [1.29, 1.82) is 0 Å². The summed E-state index contributed by atoms with van der Waals surface area (Å²) in [6, 6.07) is 0. The average molecular weight is 197 g/mol. The molecular formula is C11H19NO2. The molecule has 0 N–H and O–H groups in total. The molecule has 80 valence electrons. The van der Waals surface area contributed by atoms with Gasteiger partial charge in [-0.15, -0.1) is 0 Å². The van der Waals surface area contributed by atoms with E-state index in [4.69, 9.17) is 4.74 Å². The van der Waals surface area contributed by atoms with Gasteiger partial charge in [-0.1, -0.05) is 0 Å². The van der Waals surface area contributed by atoms with Gasteiger partial charge in [-0.05, 0) is 44.7 Å². The van der Waals surface area contributed by atoms with E-state index >= 15 is 0 Å². The maximum atomic E-state index is 11.3. The first-order chi connectivity index (χ1) is 6.79. The van der Waals surface area contributed by atoms with Crippen LogP contribution in [0, 0.1) is 11.8 Å². The van der Waals surface area contributed by atoms with E-state index in [0.717, 1.165) is 12.5 Å². The van der Waals surface area contributed by atoms with Gasteiger partial charge in [-0.2, -0.15) is 0 Å². The minimum atomic E-state index is -0.00810. The zero-order chi connectivity index (χ0) is 9.97. The largest absolute Gasteiger partial charge is 0.466 e. The van der Waals surface area contributed by atoms with Crippen molar-refractivity contribution in [3.8, 4) is 0 Å². The summed E-state index contributed by atoms with van der Waals surface area (Å²) >= 11 is 0. The van der Waals surface area contributed by atoms with Gasteiger partial charge in [-0.3, -0.25) is 4.79 Å². The standard InChI is InChI=1S/C11H19NO2/c1-2-14-11(13)7-10-8-12-5-3-9(10)4-6-12/h9-10H,2-8H2,1H3/t10-/m1/s1. The molecule has 0 aromatic rings. The quantitative estimate of drug-likeness (QED) is 0.638. The van der Waals surface area contributed by atoms with E-state index in [1.807, 2.05) is 6.92 Å². The number of hydrogen-bond acceptors (Lipinski definition) is 3. The van der Waals surface area contributed by atoms with Gasteiger partial charge in [0.05, 0.1) is 6.61 Å². The van der Waals surface area contributed by atoms with E-state index in [1.54, 1.807) is 0 Å². The summed E-state index contributed by atoms with van der Waals surface area (Å²) in [6.45, 7) is 5.98. The van der Waals surface area contributed by atoms with Gasteiger partial charge < -0.3 is 9.64 Å². The molecule has 3 saturated heterocycles. The summed E-state index contributed by atoms with van der Waals surface area (Å²) < 4.78 is 4.99. The Morgan fingerprint density at radius 2 is 2.14 bits per heavy atom. The number of hydrogen-bond donors (Lipinski definition) is 0. The molecule has 0 aromatic carbocycles. The zero-order valence-electron chi connectivity index (χ0n) is 8.87. The molecule has 3 aliphatic heterocycles. The summed E-state index contributed by atoms with van der Waals surface area (Å²) in [5, 5.41) is 0. The second kappa shape index (κ2) is 4.30. The van der Waals surface area contributed by atoms with Crippen LogP contribution in [0.1, 0.15) is 26.2 Å². The SMILES string of the molecule is CCOC(=O)C[C@@H]1CN2CCC1CC2. The van der Waals surface area contributed by atoms with E-state index in [-0.39, 0.29) is 5.97 Å². The van der Waals surface area contributed by atoms with Crippen LogP contribution in [0.15, 0.2) is 0 Å². The number of ether oxygens (including phenoxy) is 1. The normalized spacial score (nSPS) is 35.6. The van der Waals surface area contributed by atoms with E-state index < -0.39 is 0 Å². The van der Waals surface area contributed by atoms with E-state index in [0.29, 0.717) is 18.9 Å². The number of esters is 1. The van der Waals surface area contributed by atoms with Crippen molar-refractivity contribution in [2.75, 3.05) is 26.2 Å². The summed E-state index contributed by atoms with van der Waals surface area (Å²) in [7, 11) is 0. The van der Waals surface area contributed by atoms with Crippen LogP contribution >= 0.6 is 0 Å². The molecule has 3 rings (SSSR count). The van der Waals surface area contributed by atoms with Crippen molar-refractivity contribution < 1.29 is 9.53 Å². The molecule has 3 nitrogen and oxygen atoms in total. The number of carbonyl (C=O) groups is 1. The Bertz CT molecular complexity index is 209. The van der Waals surface area contributed by atoms with Crippen molar-refractivity contribution in [1.82, 2.24) is 4.90 Å². The molecule has 3 heteroatoms. The number of piperidine rings is 3. The lowest BCUT2D eigenvalue weighted by atomic mass is 9.77. The zero-order valence-corrected chi connectivity index (χ0v) is 8.87. The monoisotopic (exact) mass is 197 g/mol. The van der Waals surface area contributed by atoms with Crippen LogP contribution in [0.2, 0.25) is 0 Å². The van der Waals surface area contributed by atoms with Crippen molar-refractivity contribution in [2.45, 2.75) is 26.2 Å². The minimum Gasteiger partial charge on any atom is -0.466 e. The Balaban J connectivity index is 1.83. The summed E-state index contributed by atoms with van der Waals surface area (Å²) in [5.74, 6) is 1.34. The van der Waals surface area contributed by atoms with Crippen LogP contribution < -0.4 is 0 Å². The summed E-state index contributed by atoms with van der Waals surface area (Å²) in [4.78, 5) is 13.8. The van der Waals surface area contributed by atoms with Crippen molar-refractivity contribution >= 4 is 5.97 Å². The lowest BCUT2D eigenvalue weighted by Gasteiger charge is -2.44. The van der Waals surface area contributed by atoms with E-state index in [9.17, 15) is 4.79 Å². The molecule has 3 aliphatic rings. The smallest absolute Gasteiger partial charge is 0.306 e. The van der Waals surface area contributed by atoms with Crippen LogP contribution in [0.4, 0.5) is 0 Å². The molecule has 0 aliphatic carbocycles. The Hall–Kier alpha value is -0.570. The first kappa shape index (κ1) is 9.97. The lowest BCUT2D eigenvalue weighted by molar-refractivity contribution is -0.145. The molecule has 0 unspecified atom stereocenters. The molecule has 2 bridgehead atoms. The second-order valence-corrected chi connectivity index (χ2v) is 4.41. The van der Waals surface area contributed by atoms with Crippen LogP contribution in [-0.2, 0) is 9.53 Å². The fourth-order valence-corrected chi connectivity index (χ4v) is 2.75. The van der Waals surface area contributed by atoms with Crippen molar-refractivity contribution in [3.05, 3.63) is 0 Å². The Morgan fingerprint density at radius 3 is 2.64 bits per heavy atom. The molecule has 0 saturated carbocycles. The third kappa shape index (κ3) is 2.08. The fraction of sp³-hybridized carbons (Fsp3) is 0.909. The maximum Gasteiger partial charge on any atom is 0.306 e. The topological polar surface area (TPSA) is 29.5 Å². The predicted octanol–water partition coefficient (Wildman–Crippen LogP) is 1.28. The van der Waals surface area contributed by atoms with Gasteiger partial charge in [0.2, 0.25) is 0 Å². The minimum absolute atomic E-state index is 0.00810. The number of fused-ring (bicyclic) bond motifs is 3. The van der Waals surface area contributed by atoms with Crippen molar-refractivity contribution in [3.63, 3.8) is 0 Å². The van der Waals surface area contributed by atoms with Crippen LogP contribution in [0.25, 0.3) is 0 Å². The Kier molecular flexibility index (Phi) is 3.06. The van der Waals surface area contributed by atoms with Gasteiger partial charge >= 0.3 is 5.97 Å². The molecule has 0 spiro atoms. The first-order valence-electron chi connectivity index (χ1n) is 5.67. The molecular weight excluding hydrogens is 178 g/mol. The lowest BCUT2D eigenvalue weighted by Crippen LogP contribution is -2.48. The van der Waals surface area contributed by atoms with Crippen molar-refractivity contribution in [2.24, 2.45) is 11.8 Å². The molecule has 1 atom stereocenters. The summed E-state index contributed by atoms with van der Waals surface area (Å²) in [6.07, 6.45) is 3.20. The van der Waals surface area contributed by atoms with Gasteiger partial charge in [0.1, 0.15) is 0 Å². The van der Waals surface area contributed by atoms with Gasteiger partial charge in [0.25, 0.3) is 0 Å². The highest BCUT2D eigenvalue weighted by molar-refractivity contribution is 5.69. The third-order valence-electron chi connectivity index (χ3n) is 3.53. The highest BCUT2D eigenvalue weighted by atomic mass is 16.5. The maximum absolute atomic E-state index is 11.3. The average Bonchev–Trinajstić information content (AvgIpc) is 2.19. The van der Waals surface area contributed by atoms with Crippen LogP contribution in [0.5, 0.6) is 0 Å². The third-order valence-corrected chi connectivity index (χ3v) is 3.53. The molecule has 0 aromatic heterocycles. The molecule has 3 heterocycles.